The lowest BCUT2D eigenvalue weighted by Gasteiger charge is -2.16. The topological polar surface area (TPSA) is 51.0 Å². The number of rotatable bonds is 5. The number of carbonyl (C=O) groups excluding carboxylic acids is 1. The Morgan fingerprint density at radius 3 is 2.83 bits per heavy atom. The summed E-state index contributed by atoms with van der Waals surface area (Å²) in [4.78, 5) is 18.9. The Morgan fingerprint density at radius 2 is 2.17 bits per heavy atom. The molecule has 24 heavy (non-hydrogen) atoms. The van der Waals surface area contributed by atoms with Gasteiger partial charge < -0.3 is 4.90 Å². The number of likely N-dealkylation sites (tertiary alicyclic amines) is 1. The van der Waals surface area contributed by atoms with E-state index in [-0.39, 0.29) is 5.91 Å². The van der Waals surface area contributed by atoms with E-state index < -0.39 is 0 Å². The van der Waals surface area contributed by atoms with E-state index in [0.29, 0.717) is 12.3 Å². The molecule has 0 aliphatic carbocycles. The van der Waals surface area contributed by atoms with Crippen LogP contribution in [0.25, 0.3) is 0 Å². The van der Waals surface area contributed by atoms with E-state index in [1.807, 2.05) is 41.9 Å². The van der Waals surface area contributed by atoms with E-state index in [1.165, 1.54) is 5.56 Å². The molecule has 3 rings (SSSR count). The van der Waals surface area contributed by atoms with E-state index in [2.05, 4.69) is 23.1 Å². The van der Waals surface area contributed by atoms with E-state index in [4.69, 9.17) is 0 Å². The van der Waals surface area contributed by atoms with Crippen molar-refractivity contribution in [1.29, 1.82) is 0 Å². The Kier molecular flexibility index (Phi) is 4.97. The predicted octanol–water partition coefficient (Wildman–Crippen LogP) is 2.46. The van der Waals surface area contributed by atoms with Crippen molar-refractivity contribution in [2.75, 3.05) is 13.1 Å². The molecular formula is C19H26N4O. The Hall–Kier alpha value is -2.17. The van der Waals surface area contributed by atoms with Crippen molar-refractivity contribution >= 4 is 5.91 Å². The van der Waals surface area contributed by atoms with Gasteiger partial charge in [-0.05, 0) is 56.7 Å². The van der Waals surface area contributed by atoms with Crippen LogP contribution in [-0.2, 0) is 24.7 Å². The summed E-state index contributed by atoms with van der Waals surface area (Å²) in [5, 5.41) is 4.43. The molecule has 0 radical (unpaired) electrons. The first-order valence-electron chi connectivity index (χ1n) is 8.71. The second-order valence-corrected chi connectivity index (χ2v) is 6.79. The summed E-state index contributed by atoms with van der Waals surface area (Å²) in [5.74, 6) is 0.798. The van der Waals surface area contributed by atoms with Gasteiger partial charge in [-0.15, -0.1) is 0 Å². The summed E-state index contributed by atoms with van der Waals surface area (Å²) in [6.07, 6.45) is 5.24. The molecule has 2 aromatic rings. The molecule has 1 aliphatic rings. The van der Waals surface area contributed by atoms with Crippen LogP contribution in [0.2, 0.25) is 0 Å². The summed E-state index contributed by atoms with van der Waals surface area (Å²) in [6, 6.07) is 6.04. The molecule has 0 saturated carbocycles. The summed E-state index contributed by atoms with van der Waals surface area (Å²) in [5.41, 5.74) is 4.54. The zero-order chi connectivity index (χ0) is 17.1. The lowest BCUT2D eigenvalue weighted by atomic mass is 10.0. The van der Waals surface area contributed by atoms with Gasteiger partial charge in [0.2, 0.25) is 5.91 Å². The van der Waals surface area contributed by atoms with Crippen LogP contribution in [0, 0.1) is 19.8 Å². The van der Waals surface area contributed by atoms with Crippen LogP contribution in [0.4, 0.5) is 0 Å². The van der Waals surface area contributed by atoms with Gasteiger partial charge in [0.25, 0.3) is 0 Å². The maximum atomic E-state index is 12.5. The molecule has 1 aliphatic heterocycles. The number of pyridine rings is 1. The fraction of sp³-hybridized carbons (Fsp3) is 0.526. The fourth-order valence-corrected chi connectivity index (χ4v) is 3.61. The SMILES string of the molecule is Cc1nn(C)c(C)c1CCC(=O)N1CCC(Cc2ccccn2)C1. The van der Waals surface area contributed by atoms with Gasteiger partial charge >= 0.3 is 0 Å². The first-order valence-corrected chi connectivity index (χ1v) is 8.71. The molecule has 128 valence electrons. The van der Waals surface area contributed by atoms with Gasteiger partial charge in [-0.2, -0.15) is 5.10 Å². The minimum atomic E-state index is 0.265. The molecule has 0 aromatic carbocycles. The number of nitrogens with zero attached hydrogens (tertiary/aromatic N) is 4. The van der Waals surface area contributed by atoms with Crippen molar-refractivity contribution in [1.82, 2.24) is 19.7 Å². The van der Waals surface area contributed by atoms with Gasteiger partial charge in [-0.25, -0.2) is 0 Å². The first kappa shape index (κ1) is 16.7. The normalized spacial score (nSPS) is 17.5. The smallest absolute Gasteiger partial charge is 0.222 e. The second-order valence-electron chi connectivity index (χ2n) is 6.79. The number of aromatic nitrogens is 3. The molecule has 1 atom stereocenters. The van der Waals surface area contributed by atoms with Crippen LogP contribution in [0.5, 0.6) is 0 Å². The van der Waals surface area contributed by atoms with Gasteiger partial charge in [0.1, 0.15) is 0 Å². The summed E-state index contributed by atoms with van der Waals surface area (Å²) in [7, 11) is 1.95. The van der Waals surface area contributed by atoms with Crippen LogP contribution in [0.3, 0.4) is 0 Å². The first-order chi connectivity index (χ1) is 11.5. The van der Waals surface area contributed by atoms with E-state index in [0.717, 1.165) is 49.4 Å². The summed E-state index contributed by atoms with van der Waals surface area (Å²) >= 11 is 0. The highest BCUT2D eigenvalue weighted by Crippen LogP contribution is 2.22. The molecule has 5 heteroatoms. The monoisotopic (exact) mass is 326 g/mol. The molecule has 0 bridgehead atoms. The maximum Gasteiger partial charge on any atom is 0.222 e. The molecule has 1 fully saturated rings. The third kappa shape index (κ3) is 3.66. The highest BCUT2D eigenvalue weighted by molar-refractivity contribution is 5.76. The average molecular weight is 326 g/mol. The Bertz CT molecular complexity index is 708. The van der Waals surface area contributed by atoms with Crippen LogP contribution in [0.15, 0.2) is 24.4 Å². The molecule has 0 spiro atoms. The van der Waals surface area contributed by atoms with E-state index in [1.54, 1.807) is 0 Å². The summed E-state index contributed by atoms with van der Waals surface area (Å²) < 4.78 is 1.90. The average Bonchev–Trinajstić information content (AvgIpc) is 3.12. The van der Waals surface area contributed by atoms with Crippen LogP contribution >= 0.6 is 0 Å². The van der Waals surface area contributed by atoms with Crippen molar-refractivity contribution in [3.63, 3.8) is 0 Å². The third-order valence-electron chi connectivity index (χ3n) is 5.11. The zero-order valence-corrected chi connectivity index (χ0v) is 14.8. The second kappa shape index (κ2) is 7.16. The van der Waals surface area contributed by atoms with Crippen LogP contribution in [0.1, 0.15) is 35.5 Å². The molecule has 0 N–H and O–H groups in total. The summed E-state index contributed by atoms with van der Waals surface area (Å²) in [6.45, 7) is 5.83. The third-order valence-corrected chi connectivity index (χ3v) is 5.11. The van der Waals surface area contributed by atoms with Crippen molar-refractivity contribution in [3.05, 3.63) is 47.0 Å². The minimum Gasteiger partial charge on any atom is -0.342 e. The Balaban J connectivity index is 1.51. The largest absolute Gasteiger partial charge is 0.342 e. The number of carbonyl (C=O) groups is 1. The van der Waals surface area contributed by atoms with Gasteiger partial charge in [-0.3, -0.25) is 14.5 Å². The molecule has 2 aromatic heterocycles. The molecular weight excluding hydrogens is 300 g/mol. The van der Waals surface area contributed by atoms with Crippen molar-refractivity contribution in [2.45, 2.75) is 39.5 Å². The fourth-order valence-electron chi connectivity index (χ4n) is 3.61. The number of aryl methyl sites for hydroxylation is 2. The highest BCUT2D eigenvalue weighted by atomic mass is 16.2. The van der Waals surface area contributed by atoms with E-state index in [9.17, 15) is 4.79 Å². The minimum absolute atomic E-state index is 0.265. The number of hydrogen-bond donors (Lipinski definition) is 0. The highest BCUT2D eigenvalue weighted by Gasteiger charge is 2.26. The van der Waals surface area contributed by atoms with Gasteiger partial charge in [0.05, 0.1) is 5.69 Å². The molecule has 1 saturated heterocycles. The van der Waals surface area contributed by atoms with Gasteiger partial charge in [0, 0.05) is 44.1 Å². The lowest BCUT2D eigenvalue weighted by molar-refractivity contribution is -0.130. The lowest BCUT2D eigenvalue weighted by Crippen LogP contribution is -2.29. The van der Waals surface area contributed by atoms with Crippen molar-refractivity contribution < 1.29 is 4.79 Å². The van der Waals surface area contributed by atoms with E-state index >= 15 is 0 Å². The van der Waals surface area contributed by atoms with Crippen LogP contribution < -0.4 is 0 Å². The quantitative estimate of drug-likeness (QED) is 0.848. The van der Waals surface area contributed by atoms with Gasteiger partial charge in [-0.1, -0.05) is 6.07 Å². The molecule has 1 amide bonds. The van der Waals surface area contributed by atoms with Crippen molar-refractivity contribution in [3.8, 4) is 0 Å². The Labute approximate surface area is 143 Å². The maximum absolute atomic E-state index is 12.5. The van der Waals surface area contributed by atoms with Gasteiger partial charge in [0.15, 0.2) is 0 Å². The predicted molar refractivity (Wildman–Crippen MR) is 93.6 cm³/mol. The molecule has 5 nitrogen and oxygen atoms in total. The number of hydrogen-bond acceptors (Lipinski definition) is 3. The molecule has 1 unspecified atom stereocenters. The molecule has 3 heterocycles. The number of amides is 1. The Morgan fingerprint density at radius 1 is 1.33 bits per heavy atom. The van der Waals surface area contributed by atoms with Crippen molar-refractivity contribution in [2.24, 2.45) is 13.0 Å². The standard InChI is InChI=1S/C19H26N4O/c1-14-18(15(2)22(3)21-14)7-8-19(24)23-11-9-16(13-23)12-17-6-4-5-10-20-17/h4-6,10,16H,7-9,11-13H2,1-3H3. The zero-order valence-electron chi connectivity index (χ0n) is 14.8. The van der Waals surface area contributed by atoms with Crippen LogP contribution in [-0.4, -0.2) is 38.7 Å².